The molecule has 2 atom stereocenters. The van der Waals surface area contributed by atoms with Gasteiger partial charge in [-0.05, 0) is 0 Å². The van der Waals surface area contributed by atoms with Crippen LogP contribution in [0.5, 0.6) is 0 Å². The number of hydrogen-bond acceptors (Lipinski definition) is 11. The average Bonchev–Trinajstić information content (AvgIpc) is 2.97. The van der Waals surface area contributed by atoms with Crippen LogP contribution in [0.2, 0.25) is 0 Å². The number of ether oxygens (including phenoxy) is 6. The first-order valence-electron chi connectivity index (χ1n) is 8.00. The molecule has 0 aliphatic carbocycles. The molecule has 0 aromatic carbocycles. The van der Waals surface area contributed by atoms with Gasteiger partial charge < -0.3 is 28.4 Å². The number of rotatable bonds is 12. The first-order valence-corrected chi connectivity index (χ1v) is 11.6. The second-order valence-corrected chi connectivity index (χ2v) is 9.90. The van der Waals surface area contributed by atoms with Crippen LogP contribution in [0.25, 0.3) is 0 Å². The molecule has 11 heteroatoms. The summed E-state index contributed by atoms with van der Waals surface area (Å²) in [6.07, 6.45) is -0.312. The molecule has 7 nitrogen and oxygen atoms in total. The Labute approximate surface area is 169 Å². The van der Waals surface area contributed by atoms with E-state index in [9.17, 15) is 4.79 Å². The summed E-state index contributed by atoms with van der Waals surface area (Å²) in [5, 5.41) is 0. The maximum absolute atomic E-state index is 11.7. The molecule has 0 spiro atoms. The standard InChI is InChI=1S/C15H24O7S4/c1-17-3-5-19-9-21-11-7-23-13-14(26-15(16)25-13)24-8-12(11)22-10-20-6-4-18-2/h11-12H,3-10H2,1-2H3/t11-,12-/m0/s1. The van der Waals surface area contributed by atoms with Crippen LogP contribution >= 0.6 is 46.2 Å². The highest BCUT2D eigenvalue weighted by atomic mass is 32.2. The van der Waals surface area contributed by atoms with E-state index in [4.69, 9.17) is 28.4 Å². The van der Waals surface area contributed by atoms with Crippen molar-refractivity contribution in [1.29, 1.82) is 0 Å². The average molecular weight is 445 g/mol. The summed E-state index contributed by atoms with van der Waals surface area (Å²) in [5.41, 5.74) is 0. The molecule has 0 bridgehead atoms. The lowest BCUT2D eigenvalue weighted by molar-refractivity contribution is -0.158. The van der Waals surface area contributed by atoms with E-state index in [0.717, 1.165) is 8.42 Å². The molecular formula is C15H24O7S4. The van der Waals surface area contributed by atoms with E-state index in [2.05, 4.69) is 0 Å². The summed E-state index contributed by atoms with van der Waals surface area (Å²) in [4.78, 5) is 11.7. The van der Waals surface area contributed by atoms with Gasteiger partial charge in [0.05, 0.1) is 47.1 Å². The van der Waals surface area contributed by atoms with E-state index in [-0.39, 0.29) is 29.8 Å². The van der Waals surface area contributed by atoms with Crippen molar-refractivity contribution in [2.75, 3.05) is 65.7 Å². The summed E-state index contributed by atoms with van der Waals surface area (Å²) in [5.74, 6) is 1.38. The lowest BCUT2D eigenvalue weighted by atomic mass is 10.2. The fraction of sp³-hybridized carbons (Fsp3) is 0.800. The zero-order chi connectivity index (χ0) is 18.6. The molecule has 1 aromatic heterocycles. The SMILES string of the molecule is COCCOCO[C@H]1CSc2sc(=O)sc2SC[C@@H]1OCOCCOC. The maximum Gasteiger partial charge on any atom is 0.289 e. The van der Waals surface area contributed by atoms with Crippen molar-refractivity contribution < 1.29 is 28.4 Å². The fourth-order valence-electron chi connectivity index (χ4n) is 1.95. The van der Waals surface area contributed by atoms with Gasteiger partial charge in [-0.1, -0.05) is 22.7 Å². The second-order valence-electron chi connectivity index (χ2n) is 5.10. The van der Waals surface area contributed by atoms with Crippen LogP contribution < -0.4 is 4.06 Å². The van der Waals surface area contributed by atoms with Crippen LogP contribution in [0.3, 0.4) is 0 Å². The predicted octanol–water partition coefficient (Wildman–Crippen LogP) is 2.38. The molecule has 0 amide bonds. The van der Waals surface area contributed by atoms with Gasteiger partial charge in [-0.25, -0.2) is 0 Å². The fourth-order valence-corrected chi connectivity index (χ4v) is 7.43. The molecule has 0 saturated carbocycles. The Morgan fingerprint density at radius 3 is 1.69 bits per heavy atom. The number of methoxy groups -OCH3 is 2. The number of thioether (sulfide) groups is 2. The Morgan fingerprint density at radius 1 is 0.808 bits per heavy atom. The van der Waals surface area contributed by atoms with Crippen molar-refractivity contribution in [2.24, 2.45) is 0 Å². The quantitative estimate of drug-likeness (QED) is 0.357. The zero-order valence-electron chi connectivity index (χ0n) is 14.8. The number of fused-ring (bicyclic) bond motifs is 1. The van der Waals surface area contributed by atoms with Crippen molar-refractivity contribution in [2.45, 2.75) is 20.6 Å². The number of hydrogen-bond donors (Lipinski definition) is 0. The summed E-state index contributed by atoms with van der Waals surface area (Å²) < 4.78 is 34.8. The van der Waals surface area contributed by atoms with Crippen molar-refractivity contribution in [3.63, 3.8) is 0 Å². The molecule has 26 heavy (non-hydrogen) atoms. The van der Waals surface area contributed by atoms with Crippen molar-refractivity contribution in [3.8, 4) is 0 Å². The molecule has 0 fully saturated rings. The Morgan fingerprint density at radius 2 is 1.27 bits per heavy atom. The summed E-state index contributed by atoms with van der Waals surface area (Å²) in [6.45, 7) is 2.36. The van der Waals surface area contributed by atoms with E-state index >= 15 is 0 Å². The van der Waals surface area contributed by atoms with Gasteiger partial charge in [0, 0.05) is 25.7 Å². The van der Waals surface area contributed by atoms with Crippen LogP contribution in [-0.2, 0) is 28.4 Å². The predicted molar refractivity (Wildman–Crippen MR) is 105 cm³/mol. The van der Waals surface area contributed by atoms with Crippen LogP contribution in [0.1, 0.15) is 0 Å². The normalized spacial score (nSPS) is 20.5. The van der Waals surface area contributed by atoms with Crippen molar-refractivity contribution in [3.05, 3.63) is 8.85 Å². The highest BCUT2D eigenvalue weighted by molar-refractivity contribution is 8.05. The lowest BCUT2D eigenvalue weighted by Crippen LogP contribution is -2.37. The van der Waals surface area contributed by atoms with Gasteiger partial charge in [-0.3, -0.25) is 4.79 Å². The van der Waals surface area contributed by atoms with Crippen LogP contribution in [0, 0.1) is 0 Å². The van der Waals surface area contributed by atoms with E-state index in [1.165, 1.54) is 22.7 Å². The van der Waals surface area contributed by atoms with Crippen molar-refractivity contribution in [1.82, 2.24) is 0 Å². The van der Waals surface area contributed by atoms with Gasteiger partial charge in [0.15, 0.2) is 0 Å². The monoisotopic (exact) mass is 444 g/mol. The first-order chi connectivity index (χ1) is 12.7. The topological polar surface area (TPSA) is 72.5 Å². The molecule has 1 aromatic rings. The molecule has 0 N–H and O–H groups in total. The smallest absolute Gasteiger partial charge is 0.289 e. The summed E-state index contributed by atoms with van der Waals surface area (Å²) >= 11 is 5.87. The highest BCUT2D eigenvalue weighted by Gasteiger charge is 2.28. The molecule has 0 unspecified atom stereocenters. The Kier molecular flexibility index (Phi) is 11.7. The highest BCUT2D eigenvalue weighted by Crippen LogP contribution is 2.40. The lowest BCUT2D eigenvalue weighted by Gasteiger charge is -2.28. The minimum Gasteiger partial charge on any atom is -0.382 e. The third-order valence-corrected chi connectivity index (χ3v) is 8.54. The van der Waals surface area contributed by atoms with Crippen LogP contribution in [0.4, 0.5) is 0 Å². The minimum atomic E-state index is -0.156. The van der Waals surface area contributed by atoms with Gasteiger partial charge in [0.2, 0.25) is 0 Å². The van der Waals surface area contributed by atoms with Crippen molar-refractivity contribution >= 4 is 46.2 Å². The van der Waals surface area contributed by atoms with Crippen LogP contribution in [0.15, 0.2) is 13.2 Å². The summed E-state index contributed by atoms with van der Waals surface area (Å²) in [6, 6.07) is 0. The van der Waals surface area contributed by atoms with Gasteiger partial charge in [0.1, 0.15) is 13.6 Å². The molecule has 0 saturated heterocycles. The Balaban J connectivity index is 1.88. The van der Waals surface area contributed by atoms with Gasteiger partial charge in [-0.2, -0.15) is 0 Å². The molecule has 2 heterocycles. The van der Waals surface area contributed by atoms with Crippen LogP contribution in [-0.4, -0.2) is 77.9 Å². The third-order valence-electron chi connectivity index (χ3n) is 3.29. The molecule has 0 radical (unpaired) electrons. The largest absolute Gasteiger partial charge is 0.382 e. The van der Waals surface area contributed by atoms with Gasteiger partial charge >= 0.3 is 0 Å². The molecule has 2 rings (SSSR count). The Bertz CT molecular complexity index is 506. The second kappa shape index (κ2) is 13.5. The Hall–Kier alpha value is 0.310. The van der Waals surface area contributed by atoms with E-state index in [1.807, 2.05) is 0 Å². The third kappa shape index (κ3) is 8.13. The maximum atomic E-state index is 11.7. The van der Waals surface area contributed by atoms with E-state index in [0.29, 0.717) is 37.9 Å². The summed E-state index contributed by atoms with van der Waals surface area (Å²) in [7, 11) is 3.26. The van der Waals surface area contributed by atoms with Gasteiger partial charge in [0.25, 0.3) is 4.06 Å². The first kappa shape index (κ1) is 22.6. The van der Waals surface area contributed by atoms with Gasteiger partial charge in [-0.15, -0.1) is 23.5 Å². The molecular weight excluding hydrogens is 420 g/mol. The van der Waals surface area contributed by atoms with E-state index in [1.54, 1.807) is 37.7 Å². The molecule has 1 aliphatic rings. The van der Waals surface area contributed by atoms with E-state index < -0.39 is 0 Å². The molecule has 1 aliphatic heterocycles. The minimum absolute atomic E-state index is 0.123. The zero-order valence-corrected chi connectivity index (χ0v) is 18.1. The molecule has 150 valence electrons.